The predicted octanol–water partition coefficient (Wildman–Crippen LogP) is 3.90. The van der Waals surface area contributed by atoms with Gasteiger partial charge in [-0.15, -0.1) is 0 Å². The first-order valence-corrected chi connectivity index (χ1v) is 10.0. The lowest BCUT2D eigenvalue weighted by molar-refractivity contribution is -0.123. The quantitative estimate of drug-likeness (QED) is 0.621. The highest BCUT2D eigenvalue weighted by Gasteiger charge is 2.16. The molecule has 0 aromatic heterocycles. The van der Waals surface area contributed by atoms with Crippen molar-refractivity contribution in [1.29, 1.82) is 0 Å². The van der Waals surface area contributed by atoms with Crippen LogP contribution >= 0.6 is 0 Å². The van der Waals surface area contributed by atoms with Gasteiger partial charge in [-0.2, -0.15) is 0 Å². The predicted molar refractivity (Wildman–Crippen MR) is 115 cm³/mol. The van der Waals surface area contributed by atoms with Crippen LogP contribution in [0.15, 0.2) is 54.6 Å². The Labute approximate surface area is 175 Å². The number of phenols is 1. The molecule has 3 aromatic rings. The van der Waals surface area contributed by atoms with Crippen molar-refractivity contribution in [3.05, 3.63) is 54.6 Å². The van der Waals surface area contributed by atoms with E-state index < -0.39 is 0 Å². The molecular formula is C24H25NO5. The molecule has 1 saturated heterocycles. The molecule has 1 amide bonds. The maximum atomic E-state index is 12.0. The number of carbonyl (C=O) groups excluding carboxylic acids is 1. The van der Waals surface area contributed by atoms with Crippen LogP contribution in [0.2, 0.25) is 0 Å². The number of phenolic OH excluding ortho intramolecular Hbond substituents is 1. The fourth-order valence-electron chi connectivity index (χ4n) is 3.58. The lowest BCUT2D eigenvalue weighted by atomic mass is 10.0. The van der Waals surface area contributed by atoms with Crippen molar-refractivity contribution in [2.45, 2.75) is 18.9 Å². The second-order valence-corrected chi connectivity index (χ2v) is 7.34. The molecule has 1 unspecified atom stereocenters. The number of ether oxygens (including phenoxy) is 3. The minimum atomic E-state index is -0.151. The Bertz CT molecular complexity index is 1040. The molecule has 0 saturated carbocycles. The van der Waals surface area contributed by atoms with E-state index in [9.17, 15) is 9.90 Å². The van der Waals surface area contributed by atoms with Crippen LogP contribution in [0, 0.1) is 0 Å². The molecule has 1 heterocycles. The van der Waals surface area contributed by atoms with Crippen molar-refractivity contribution in [2.24, 2.45) is 0 Å². The summed E-state index contributed by atoms with van der Waals surface area (Å²) >= 11 is 0. The molecule has 6 heteroatoms. The Kier molecular flexibility index (Phi) is 6.05. The van der Waals surface area contributed by atoms with Crippen LogP contribution < -0.4 is 14.8 Å². The van der Waals surface area contributed by atoms with E-state index in [1.54, 1.807) is 6.07 Å². The zero-order valence-corrected chi connectivity index (χ0v) is 16.9. The van der Waals surface area contributed by atoms with Gasteiger partial charge in [0.05, 0.1) is 13.2 Å². The van der Waals surface area contributed by atoms with E-state index in [-0.39, 0.29) is 24.4 Å². The van der Waals surface area contributed by atoms with Gasteiger partial charge in [0, 0.05) is 13.2 Å². The van der Waals surface area contributed by atoms with Gasteiger partial charge in [0.1, 0.15) is 5.75 Å². The Morgan fingerprint density at radius 2 is 1.87 bits per heavy atom. The third-order valence-corrected chi connectivity index (χ3v) is 5.25. The fraction of sp³-hybridized carbons (Fsp3) is 0.292. The smallest absolute Gasteiger partial charge is 0.258 e. The third-order valence-electron chi connectivity index (χ3n) is 5.25. The molecule has 1 atom stereocenters. The first-order chi connectivity index (χ1) is 14.6. The summed E-state index contributed by atoms with van der Waals surface area (Å²) in [5.74, 6) is 1.05. The molecule has 6 nitrogen and oxygen atoms in total. The van der Waals surface area contributed by atoms with Gasteiger partial charge in [-0.3, -0.25) is 4.79 Å². The average Bonchev–Trinajstić information content (AvgIpc) is 3.30. The number of amides is 1. The van der Waals surface area contributed by atoms with Gasteiger partial charge in [0.25, 0.3) is 5.91 Å². The number of fused-ring (bicyclic) bond motifs is 1. The highest BCUT2D eigenvalue weighted by Crippen LogP contribution is 2.33. The van der Waals surface area contributed by atoms with Gasteiger partial charge < -0.3 is 24.6 Å². The number of aromatic hydroxyl groups is 1. The van der Waals surface area contributed by atoms with Gasteiger partial charge in [-0.05, 0) is 65.1 Å². The number of benzene rings is 3. The second kappa shape index (κ2) is 9.05. The molecule has 0 bridgehead atoms. The molecule has 0 spiro atoms. The van der Waals surface area contributed by atoms with Crippen molar-refractivity contribution in [2.75, 3.05) is 26.9 Å². The fourth-order valence-corrected chi connectivity index (χ4v) is 3.58. The molecule has 1 aliphatic rings. The molecule has 1 fully saturated rings. The first-order valence-electron chi connectivity index (χ1n) is 10.0. The van der Waals surface area contributed by atoms with Gasteiger partial charge in [0.2, 0.25) is 0 Å². The summed E-state index contributed by atoms with van der Waals surface area (Å²) in [7, 11) is 1.53. The van der Waals surface area contributed by atoms with Gasteiger partial charge in [0.15, 0.2) is 18.1 Å². The topological polar surface area (TPSA) is 77.0 Å². The average molecular weight is 407 g/mol. The van der Waals surface area contributed by atoms with Gasteiger partial charge in [-0.25, -0.2) is 0 Å². The number of hydrogen-bond donors (Lipinski definition) is 2. The summed E-state index contributed by atoms with van der Waals surface area (Å²) in [5.41, 5.74) is 1.97. The van der Waals surface area contributed by atoms with E-state index in [0.29, 0.717) is 18.0 Å². The van der Waals surface area contributed by atoms with Crippen LogP contribution in [0.25, 0.3) is 21.9 Å². The van der Waals surface area contributed by atoms with Crippen molar-refractivity contribution in [1.82, 2.24) is 5.32 Å². The zero-order valence-electron chi connectivity index (χ0n) is 16.9. The summed E-state index contributed by atoms with van der Waals surface area (Å²) in [6.45, 7) is 1.28. The Morgan fingerprint density at radius 3 is 2.67 bits per heavy atom. The molecular weight excluding hydrogens is 382 g/mol. The minimum Gasteiger partial charge on any atom is -0.504 e. The van der Waals surface area contributed by atoms with Crippen LogP contribution in [-0.4, -0.2) is 44.0 Å². The van der Waals surface area contributed by atoms with Crippen LogP contribution in [0.4, 0.5) is 0 Å². The maximum absolute atomic E-state index is 12.0. The lowest BCUT2D eigenvalue weighted by Crippen LogP contribution is -2.35. The van der Waals surface area contributed by atoms with Crippen LogP contribution in [0.3, 0.4) is 0 Å². The summed E-state index contributed by atoms with van der Waals surface area (Å²) < 4.78 is 16.3. The van der Waals surface area contributed by atoms with Crippen molar-refractivity contribution in [3.8, 4) is 28.4 Å². The van der Waals surface area contributed by atoms with E-state index in [2.05, 4.69) is 11.4 Å². The van der Waals surface area contributed by atoms with E-state index in [1.807, 2.05) is 42.5 Å². The standard InChI is InChI=1S/C24H25NO5/c1-28-23-13-19(7-9-22(23)26)16-4-5-18-12-20(8-6-17(18)11-16)30-15-24(27)25-14-21-3-2-10-29-21/h4-9,11-13,21,26H,2-3,10,14-15H2,1H3,(H,25,27). The normalized spacial score (nSPS) is 15.8. The Hall–Kier alpha value is -3.25. The number of carbonyl (C=O) groups is 1. The van der Waals surface area contributed by atoms with Crippen molar-refractivity contribution in [3.63, 3.8) is 0 Å². The monoisotopic (exact) mass is 407 g/mol. The highest BCUT2D eigenvalue weighted by atomic mass is 16.5. The zero-order chi connectivity index (χ0) is 20.9. The van der Waals surface area contributed by atoms with Crippen LogP contribution in [0.5, 0.6) is 17.2 Å². The van der Waals surface area contributed by atoms with Crippen molar-refractivity contribution < 1.29 is 24.1 Å². The lowest BCUT2D eigenvalue weighted by Gasteiger charge is -2.12. The first kappa shape index (κ1) is 20.0. The molecule has 156 valence electrons. The molecule has 30 heavy (non-hydrogen) atoms. The third kappa shape index (κ3) is 4.66. The van der Waals surface area contributed by atoms with Gasteiger partial charge >= 0.3 is 0 Å². The SMILES string of the molecule is COc1cc(-c2ccc3cc(OCC(=O)NCC4CCCO4)ccc3c2)ccc1O. The summed E-state index contributed by atoms with van der Waals surface area (Å²) in [6, 6.07) is 17.1. The van der Waals surface area contributed by atoms with Crippen molar-refractivity contribution >= 4 is 16.7 Å². The molecule has 0 radical (unpaired) electrons. The highest BCUT2D eigenvalue weighted by molar-refractivity contribution is 5.88. The van der Waals surface area contributed by atoms with Crippen LogP contribution in [0.1, 0.15) is 12.8 Å². The van der Waals surface area contributed by atoms with E-state index >= 15 is 0 Å². The number of hydrogen-bond acceptors (Lipinski definition) is 5. The van der Waals surface area contributed by atoms with E-state index in [4.69, 9.17) is 14.2 Å². The molecule has 1 aliphatic heterocycles. The van der Waals surface area contributed by atoms with Gasteiger partial charge in [-0.1, -0.05) is 24.3 Å². The van der Waals surface area contributed by atoms with Crippen LogP contribution in [-0.2, 0) is 9.53 Å². The summed E-state index contributed by atoms with van der Waals surface area (Å²) in [5, 5.41) is 14.7. The Balaban J connectivity index is 1.41. The maximum Gasteiger partial charge on any atom is 0.258 e. The molecule has 2 N–H and O–H groups in total. The number of nitrogens with one attached hydrogen (secondary N) is 1. The second-order valence-electron chi connectivity index (χ2n) is 7.34. The number of methoxy groups -OCH3 is 1. The summed E-state index contributed by atoms with van der Waals surface area (Å²) in [6.07, 6.45) is 2.17. The minimum absolute atomic E-state index is 0.0242. The molecule has 4 rings (SSSR count). The Morgan fingerprint density at radius 1 is 1.10 bits per heavy atom. The summed E-state index contributed by atoms with van der Waals surface area (Å²) in [4.78, 5) is 12.0. The molecule has 0 aliphatic carbocycles. The number of rotatable bonds is 7. The largest absolute Gasteiger partial charge is 0.504 e. The molecule has 3 aromatic carbocycles. The van der Waals surface area contributed by atoms with E-state index in [0.717, 1.165) is 41.3 Å². The van der Waals surface area contributed by atoms with E-state index in [1.165, 1.54) is 7.11 Å².